The number of halogens is 5. The summed E-state index contributed by atoms with van der Waals surface area (Å²) in [6.45, 7) is 0.333. The largest absolute Gasteiger partial charge is 0.488 e. The molecule has 4 nitrogen and oxygen atoms in total. The lowest BCUT2D eigenvalue weighted by molar-refractivity contribution is -0.115. The fraction of sp³-hybridized carbons (Fsp3) is 0.0435. The Bertz CT molecular complexity index is 1310. The van der Waals surface area contributed by atoms with Crippen LogP contribution in [0.25, 0.3) is 6.08 Å². The van der Waals surface area contributed by atoms with Gasteiger partial charge in [0.25, 0.3) is 5.91 Å². The van der Waals surface area contributed by atoms with Crippen molar-refractivity contribution in [3.8, 4) is 5.75 Å². The summed E-state index contributed by atoms with van der Waals surface area (Å²) in [4.78, 5) is 17.3. The normalized spacial score (nSPS) is 15.8. The molecule has 1 heterocycles. The van der Waals surface area contributed by atoms with Crippen LogP contribution < -0.4 is 10.1 Å². The van der Waals surface area contributed by atoms with Crippen LogP contribution in [-0.4, -0.2) is 11.1 Å². The molecule has 0 saturated carbocycles. The molecule has 0 aliphatic carbocycles. The van der Waals surface area contributed by atoms with Crippen molar-refractivity contribution in [2.75, 3.05) is 0 Å². The van der Waals surface area contributed by atoms with Crippen molar-refractivity contribution in [3.05, 3.63) is 95.2 Å². The molecule has 33 heavy (non-hydrogen) atoms. The summed E-state index contributed by atoms with van der Waals surface area (Å²) >= 11 is 29.0. The number of amides is 1. The number of thioether (sulfide) groups is 1. The van der Waals surface area contributed by atoms with Crippen molar-refractivity contribution in [1.82, 2.24) is 5.32 Å². The van der Waals surface area contributed by atoms with Gasteiger partial charge in [-0.25, -0.2) is 4.99 Å². The topological polar surface area (TPSA) is 50.7 Å². The van der Waals surface area contributed by atoms with Gasteiger partial charge in [0.15, 0.2) is 5.17 Å². The highest BCUT2D eigenvalue weighted by Gasteiger charge is 2.24. The van der Waals surface area contributed by atoms with Crippen LogP contribution >= 0.6 is 74.1 Å². The fourth-order valence-electron chi connectivity index (χ4n) is 2.83. The van der Waals surface area contributed by atoms with E-state index < -0.39 is 0 Å². The molecule has 0 unspecified atom stereocenters. The molecule has 4 rings (SSSR count). The first-order valence-electron chi connectivity index (χ1n) is 9.40. The summed E-state index contributed by atoms with van der Waals surface area (Å²) in [5, 5.41) is 4.87. The molecule has 0 bridgehead atoms. The average molecular weight is 603 g/mol. The number of rotatable bonds is 5. The van der Waals surface area contributed by atoms with Gasteiger partial charge >= 0.3 is 0 Å². The summed E-state index contributed by atoms with van der Waals surface area (Å²) in [5.74, 6) is 0.414. The van der Waals surface area contributed by atoms with E-state index >= 15 is 0 Å². The first-order chi connectivity index (χ1) is 15.8. The van der Waals surface area contributed by atoms with Crippen LogP contribution in [0.15, 0.2) is 69.0 Å². The molecule has 0 aromatic heterocycles. The minimum absolute atomic E-state index is 0.243. The van der Waals surface area contributed by atoms with Crippen LogP contribution in [0.3, 0.4) is 0 Å². The monoisotopic (exact) mass is 600 g/mol. The summed E-state index contributed by atoms with van der Waals surface area (Å²) in [6.07, 6.45) is 1.77. The van der Waals surface area contributed by atoms with E-state index in [1.54, 1.807) is 36.4 Å². The van der Waals surface area contributed by atoms with Crippen LogP contribution in [0.1, 0.15) is 11.1 Å². The van der Waals surface area contributed by atoms with Gasteiger partial charge in [-0.3, -0.25) is 4.79 Å². The van der Waals surface area contributed by atoms with E-state index in [-0.39, 0.29) is 5.91 Å². The van der Waals surface area contributed by atoms with E-state index in [1.165, 1.54) is 11.8 Å². The quantitative estimate of drug-likeness (QED) is 0.298. The molecule has 1 fully saturated rings. The Morgan fingerprint density at radius 1 is 1.00 bits per heavy atom. The highest BCUT2D eigenvalue weighted by atomic mass is 79.9. The van der Waals surface area contributed by atoms with Crippen LogP contribution in [0, 0.1) is 0 Å². The number of nitrogens with one attached hydrogen (secondary N) is 1. The Morgan fingerprint density at radius 2 is 1.82 bits per heavy atom. The van der Waals surface area contributed by atoms with Gasteiger partial charge in [-0.15, -0.1) is 0 Å². The van der Waals surface area contributed by atoms with Crippen LogP contribution in [0.2, 0.25) is 20.1 Å². The third-order valence-electron chi connectivity index (χ3n) is 4.44. The van der Waals surface area contributed by atoms with Crippen molar-refractivity contribution in [1.29, 1.82) is 0 Å². The summed E-state index contributed by atoms with van der Waals surface area (Å²) in [6, 6.07) is 16.1. The van der Waals surface area contributed by atoms with Crippen molar-refractivity contribution in [3.63, 3.8) is 0 Å². The van der Waals surface area contributed by atoms with E-state index in [4.69, 9.17) is 51.1 Å². The SMILES string of the molecule is O=C1NC(=Nc2cccc(Cl)c2Cl)S/C1=C\c1ccc(OCc2ccc(Cl)c(Cl)c2)c(Br)c1. The molecule has 3 aromatic rings. The second kappa shape index (κ2) is 10.7. The van der Waals surface area contributed by atoms with Gasteiger partial charge in [-0.05, 0) is 81.3 Å². The van der Waals surface area contributed by atoms with Gasteiger partial charge in [-0.1, -0.05) is 64.6 Å². The van der Waals surface area contributed by atoms with E-state index in [2.05, 4.69) is 26.2 Å². The zero-order valence-corrected chi connectivity index (χ0v) is 22.0. The molecule has 1 aliphatic heterocycles. The second-order valence-corrected chi connectivity index (χ2v) is 10.3. The van der Waals surface area contributed by atoms with E-state index in [1.807, 2.05) is 24.3 Å². The maximum atomic E-state index is 12.4. The van der Waals surface area contributed by atoms with Crippen molar-refractivity contribution < 1.29 is 9.53 Å². The number of benzene rings is 3. The molecule has 0 atom stereocenters. The first kappa shape index (κ1) is 24.5. The van der Waals surface area contributed by atoms with Gasteiger partial charge in [0.1, 0.15) is 12.4 Å². The molecule has 0 radical (unpaired) electrons. The average Bonchev–Trinajstić information content (AvgIpc) is 3.12. The number of amidine groups is 1. The van der Waals surface area contributed by atoms with Crippen molar-refractivity contribution in [2.24, 2.45) is 4.99 Å². The standard InChI is InChI=1S/C23H13BrCl4N2O2S/c24-14-8-12(5-7-19(14)32-11-13-4-6-15(25)17(27)9-13)10-20-22(31)30-23(33-20)29-18-3-1-2-16(26)21(18)28/h1-10H,11H2,(H,29,30,31)/b20-10-. The Hall–Kier alpha value is -1.67. The number of hydrogen-bond acceptors (Lipinski definition) is 4. The highest BCUT2D eigenvalue weighted by Crippen LogP contribution is 2.35. The number of nitrogens with zero attached hydrogens (tertiary/aromatic N) is 1. The molecule has 168 valence electrons. The van der Waals surface area contributed by atoms with Gasteiger partial charge in [0.2, 0.25) is 0 Å². The van der Waals surface area contributed by atoms with Crippen molar-refractivity contribution in [2.45, 2.75) is 6.61 Å². The number of carbonyl (C=O) groups is 1. The zero-order chi connectivity index (χ0) is 23.5. The molecule has 0 spiro atoms. The number of aliphatic imine (C=N–C) groups is 1. The third-order valence-corrected chi connectivity index (χ3v) is 7.51. The summed E-state index contributed by atoms with van der Waals surface area (Å²) < 4.78 is 6.62. The highest BCUT2D eigenvalue weighted by molar-refractivity contribution is 9.10. The van der Waals surface area contributed by atoms with Gasteiger partial charge in [-0.2, -0.15) is 0 Å². The number of hydrogen-bond donors (Lipinski definition) is 1. The van der Waals surface area contributed by atoms with E-state index in [9.17, 15) is 4.79 Å². The molecular weight excluding hydrogens is 590 g/mol. The molecule has 1 aliphatic rings. The molecule has 1 N–H and O–H groups in total. The summed E-state index contributed by atoms with van der Waals surface area (Å²) in [5.41, 5.74) is 2.20. The lowest BCUT2D eigenvalue weighted by Crippen LogP contribution is -2.19. The molecule has 1 saturated heterocycles. The molecule has 3 aromatic carbocycles. The van der Waals surface area contributed by atoms with Crippen LogP contribution in [0.5, 0.6) is 5.75 Å². The van der Waals surface area contributed by atoms with Gasteiger partial charge in [0.05, 0.1) is 35.2 Å². The molecule has 10 heteroatoms. The fourth-order valence-corrected chi connectivity index (χ4v) is 4.84. The third kappa shape index (κ3) is 6.07. The Balaban J connectivity index is 1.47. The first-order valence-corrected chi connectivity index (χ1v) is 12.5. The number of carbonyl (C=O) groups excluding carboxylic acids is 1. The number of ether oxygens (including phenoxy) is 1. The lowest BCUT2D eigenvalue weighted by Gasteiger charge is -2.10. The minimum Gasteiger partial charge on any atom is -0.488 e. The zero-order valence-electron chi connectivity index (χ0n) is 16.5. The molecular formula is C23H13BrCl4N2O2S. The Labute approximate surface area is 223 Å². The maximum Gasteiger partial charge on any atom is 0.264 e. The van der Waals surface area contributed by atoms with E-state index in [0.29, 0.717) is 48.2 Å². The van der Waals surface area contributed by atoms with Crippen LogP contribution in [0.4, 0.5) is 5.69 Å². The predicted molar refractivity (Wildman–Crippen MR) is 142 cm³/mol. The lowest BCUT2D eigenvalue weighted by atomic mass is 10.2. The minimum atomic E-state index is -0.243. The Kier molecular flexibility index (Phi) is 7.95. The Morgan fingerprint density at radius 3 is 2.58 bits per heavy atom. The summed E-state index contributed by atoms with van der Waals surface area (Å²) in [7, 11) is 0. The van der Waals surface area contributed by atoms with Crippen LogP contribution in [-0.2, 0) is 11.4 Å². The molecule has 1 amide bonds. The maximum absolute atomic E-state index is 12.4. The second-order valence-electron chi connectivity index (χ2n) is 6.78. The van der Waals surface area contributed by atoms with Gasteiger partial charge in [0, 0.05) is 0 Å². The van der Waals surface area contributed by atoms with Gasteiger partial charge < -0.3 is 10.1 Å². The van der Waals surface area contributed by atoms with E-state index in [0.717, 1.165) is 15.6 Å². The van der Waals surface area contributed by atoms with Crippen molar-refractivity contribution >= 4 is 96.9 Å². The smallest absolute Gasteiger partial charge is 0.264 e. The predicted octanol–water partition coefficient (Wildman–Crippen LogP) is 8.53.